The van der Waals surface area contributed by atoms with E-state index in [2.05, 4.69) is 4.98 Å². The second-order valence-electron chi connectivity index (χ2n) is 9.36. The SMILES string of the molecule is CC1=c2c(c(=O)[nH]c(=O)n2C2CC2)=C(C(F)F)C(F)C1c1cc2c(s1)CCC(C(C)N)C2. The number of fused-ring (bicyclic) bond motifs is 2. The van der Waals surface area contributed by atoms with Gasteiger partial charge in [-0.3, -0.25) is 14.3 Å². The number of nitrogens with zero attached hydrogens (tertiary/aromatic N) is 1. The van der Waals surface area contributed by atoms with Crippen molar-refractivity contribution >= 4 is 22.5 Å². The second kappa shape index (κ2) is 7.73. The molecule has 32 heavy (non-hydrogen) atoms. The van der Waals surface area contributed by atoms with Crippen LogP contribution in [0.4, 0.5) is 13.2 Å². The quantitative estimate of drug-likeness (QED) is 0.726. The van der Waals surface area contributed by atoms with Crippen LogP contribution in [0, 0.1) is 5.92 Å². The maximum absolute atomic E-state index is 15.8. The van der Waals surface area contributed by atoms with Gasteiger partial charge in [0.25, 0.3) is 12.0 Å². The Morgan fingerprint density at radius 3 is 2.59 bits per heavy atom. The Kier molecular flexibility index (Phi) is 5.24. The summed E-state index contributed by atoms with van der Waals surface area (Å²) in [6.07, 6.45) is -1.13. The summed E-state index contributed by atoms with van der Waals surface area (Å²) in [5.74, 6) is -0.605. The molecule has 0 saturated heterocycles. The lowest BCUT2D eigenvalue weighted by molar-refractivity contribution is 0.191. The van der Waals surface area contributed by atoms with E-state index in [-0.39, 0.29) is 22.7 Å². The molecule has 3 N–H and O–H groups in total. The van der Waals surface area contributed by atoms with Gasteiger partial charge in [0.05, 0.1) is 16.5 Å². The molecule has 3 aliphatic rings. The normalized spacial score (nSPS) is 26.3. The van der Waals surface area contributed by atoms with Crippen molar-refractivity contribution in [3.63, 3.8) is 0 Å². The van der Waals surface area contributed by atoms with E-state index in [0.717, 1.165) is 42.5 Å². The average Bonchev–Trinajstić information content (AvgIpc) is 3.46. The molecule has 2 aromatic rings. The summed E-state index contributed by atoms with van der Waals surface area (Å²) in [6, 6.07) is 1.83. The fourth-order valence-electron chi connectivity index (χ4n) is 5.33. The summed E-state index contributed by atoms with van der Waals surface area (Å²) in [7, 11) is 0. The van der Waals surface area contributed by atoms with Crippen LogP contribution in [0.25, 0.3) is 11.1 Å². The molecule has 1 fully saturated rings. The average molecular weight is 466 g/mol. The van der Waals surface area contributed by atoms with Gasteiger partial charge in [-0.15, -0.1) is 11.3 Å². The van der Waals surface area contributed by atoms with Crippen molar-refractivity contribution in [2.45, 2.75) is 76.6 Å². The number of aryl methyl sites for hydroxylation is 1. The third-order valence-electron chi connectivity index (χ3n) is 7.20. The topological polar surface area (TPSA) is 80.9 Å². The van der Waals surface area contributed by atoms with Crippen LogP contribution in [0.1, 0.15) is 60.4 Å². The van der Waals surface area contributed by atoms with Crippen molar-refractivity contribution < 1.29 is 13.2 Å². The van der Waals surface area contributed by atoms with Crippen LogP contribution in [0.15, 0.2) is 15.7 Å². The van der Waals surface area contributed by atoms with Crippen molar-refractivity contribution in [2.24, 2.45) is 11.7 Å². The molecule has 0 amide bonds. The fourth-order valence-corrected chi connectivity index (χ4v) is 6.74. The molecule has 0 bridgehead atoms. The number of nitrogens with two attached hydrogens (primary N) is 1. The first kappa shape index (κ1) is 21.7. The minimum atomic E-state index is -3.14. The lowest BCUT2D eigenvalue weighted by Crippen LogP contribution is -2.59. The number of alkyl halides is 3. The Bertz CT molecular complexity index is 1320. The van der Waals surface area contributed by atoms with E-state index in [1.807, 2.05) is 13.0 Å². The Morgan fingerprint density at radius 1 is 1.25 bits per heavy atom. The van der Waals surface area contributed by atoms with E-state index in [4.69, 9.17) is 5.73 Å². The van der Waals surface area contributed by atoms with Crippen molar-refractivity contribution in [1.82, 2.24) is 9.55 Å². The van der Waals surface area contributed by atoms with Crippen molar-refractivity contribution in [2.75, 3.05) is 0 Å². The number of halogens is 3. The molecule has 2 heterocycles. The van der Waals surface area contributed by atoms with Gasteiger partial charge < -0.3 is 5.73 Å². The fraction of sp³-hybridized carbons (Fsp3) is 0.565. The standard InChI is InChI=1S/C23H26F3N3O2S/c1-9-16(15-8-12-7-11(10(2)27)3-6-14(12)32-15)19(24)17(21(25)26)18-20(9)29(13-4-5-13)23(31)28-22(18)30/h8,10-11,13,16,19,21H,3-7,27H2,1-2H3,(H,28,30,31). The van der Waals surface area contributed by atoms with Gasteiger partial charge in [-0.1, -0.05) is 0 Å². The molecular weight excluding hydrogens is 439 g/mol. The van der Waals surface area contributed by atoms with Crippen LogP contribution in [-0.4, -0.2) is 28.2 Å². The summed E-state index contributed by atoms with van der Waals surface area (Å²) in [5.41, 5.74) is 5.29. The van der Waals surface area contributed by atoms with Gasteiger partial charge in [0.1, 0.15) is 6.17 Å². The maximum atomic E-state index is 15.8. The molecule has 1 saturated carbocycles. The molecule has 0 aromatic carbocycles. The number of rotatable bonds is 4. The summed E-state index contributed by atoms with van der Waals surface area (Å²) in [6.45, 7) is 3.65. The van der Waals surface area contributed by atoms with E-state index in [9.17, 15) is 18.4 Å². The highest BCUT2D eigenvalue weighted by atomic mass is 32.1. The first-order valence-corrected chi connectivity index (χ1v) is 11.9. The predicted octanol–water partition coefficient (Wildman–Crippen LogP) is 2.11. The smallest absolute Gasteiger partial charge is 0.328 e. The highest BCUT2D eigenvalue weighted by Gasteiger charge is 2.40. The maximum Gasteiger partial charge on any atom is 0.329 e. The zero-order chi connectivity index (χ0) is 22.9. The largest absolute Gasteiger partial charge is 0.329 e. The number of H-pyrrole nitrogens is 1. The van der Waals surface area contributed by atoms with Crippen LogP contribution in [0.5, 0.6) is 0 Å². The minimum absolute atomic E-state index is 0.0498. The van der Waals surface area contributed by atoms with Gasteiger partial charge >= 0.3 is 5.69 Å². The number of aromatic amines is 1. The van der Waals surface area contributed by atoms with Gasteiger partial charge in [-0.05, 0) is 69.1 Å². The summed E-state index contributed by atoms with van der Waals surface area (Å²) in [4.78, 5) is 29.1. The molecule has 0 aliphatic heterocycles. The predicted molar refractivity (Wildman–Crippen MR) is 118 cm³/mol. The minimum Gasteiger partial charge on any atom is -0.328 e. The lowest BCUT2D eigenvalue weighted by Gasteiger charge is -2.28. The van der Waals surface area contributed by atoms with Crippen molar-refractivity contribution in [3.8, 4) is 0 Å². The van der Waals surface area contributed by atoms with E-state index < -0.39 is 35.3 Å². The Balaban J connectivity index is 1.75. The lowest BCUT2D eigenvalue weighted by atomic mass is 9.82. The Hall–Kier alpha value is -2.13. The number of aromatic nitrogens is 2. The molecule has 3 aliphatic carbocycles. The van der Waals surface area contributed by atoms with E-state index in [0.29, 0.717) is 16.4 Å². The molecule has 0 radical (unpaired) electrons. The monoisotopic (exact) mass is 465 g/mol. The highest BCUT2D eigenvalue weighted by Crippen LogP contribution is 2.44. The third-order valence-corrected chi connectivity index (χ3v) is 8.52. The second-order valence-corrected chi connectivity index (χ2v) is 10.5. The number of thiophene rings is 1. The summed E-state index contributed by atoms with van der Waals surface area (Å²) in [5, 5.41) is -0.193. The molecule has 4 unspecified atom stereocenters. The van der Waals surface area contributed by atoms with E-state index in [1.165, 1.54) is 15.9 Å². The molecule has 4 atom stereocenters. The van der Waals surface area contributed by atoms with Crippen LogP contribution in [0.2, 0.25) is 0 Å². The third kappa shape index (κ3) is 3.32. The van der Waals surface area contributed by atoms with E-state index >= 15 is 4.39 Å². The van der Waals surface area contributed by atoms with Gasteiger partial charge in [0.15, 0.2) is 0 Å². The van der Waals surface area contributed by atoms with E-state index in [1.54, 1.807) is 6.92 Å². The van der Waals surface area contributed by atoms with Crippen LogP contribution in [-0.2, 0) is 12.8 Å². The zero-order valence-corrected chi connectivity index (χ0v) is 18.8. The zero-order valence-electron chi connectivity index (χ0n) is 18.0. The Morgan fingerprint density at radius 2 is 1.97 bits per heavy atom. The van der Waals surface area contributed by atoms with Crippen molar-refractivity contribution in [1.29, 1.82) is 0 Å². The molecule has 9 heteroatoms. The number of nitrogens with one attached hydrogen (secondary N) is 1. The number of hydrogen-bond donors (Lipinski definition) is 2. The first-order chi connectivity index (χ1) is 15.2. The summed E-state index contributed by atoms with van der Waals surface area (Å²) >= 11 is 1.46. The van der Waals surface area contributed by atoms with Gasteiger partial charge in [0.2, 0.25) is 0 Å². The number of hydrogen-bond acceptors (Lipinski definition) is 4. The molecule has 5 nitrogen and oxygen atoms in total. The highest BCUT2D eigenvalue weighted by molar-refractivity contribution is 7.12. The van der Waals surface area contributed by atoms with Crippen LogP contribution >= 0.6 is 11.3 Å². The Labute approximate surface area is 186 Å². The van der Waals surface area contributed by atoms with Gasteiger partial charge in [-0.2, -0.15) is 0 Å². The van der Waals surface area contributed by atoms with Crippen LogP contribution in [0.3, 0.4) is 0 Å². The summed E-state index contributed by atoms with van der Waals surface area (Å²) < 4.78 is 45.4. The molecule has 172 valence electrons. The first-order valence-electron chi connectivity index (χ1n) is 11.1. The molecule has 5 rings (SSSR count). The molecule has 0 spiro atoms. The molecular formula is C23H26F3N3O2S. The van der Waals surface area contributed by atoms with Gasteiger partial charge in [-0.25, -0.2) is 18.0 Å². The van der Waals surface area contributed by atoms with Crippen molar-refractivity contribution in [3.05, 3.63) is 52.8 Å². The van der Waals surface area contributed by atoms with Gasteiger partial charge in [0, 0.05) is 27.4 Å². The molecule has 2 aromatic heterocycles. The van der Waals surface area contributed by atoms with Crippen LogP contribution < -0.4 is 27.6 Å².